The van der Waals surface area contributed by atoms with Gasteiger partial charge in [0.1, 0.15) is 0 Å². The molecular weight excluding hydrogens is 204 g/mol. The van der Waals surface area contributed by atoms with Crippen LogP contribution >= 0.6 is 0 Å². The molecule has 1 amide bonds. The minimum absolute atomic E-state index is 0.155. The highest BCUT2D eigenvalue weighted by Gasteiger charge is 2.32. The topological polar surface area (TPSA) is 41.6 Å². The zero-order valence-electron chi connectivity index (χ0n) is 10.8. The Labute approximate surface area is 98.3 Å². The molecule has 0 radical (unpaired) electrons. The first-order chi connectivity index (χ1) is 7.54. The Bertz CT molecular complexity index is 233. The predicted molar refractivity (Wildman–Crippen MR) is 64.2 cm³/mol. The number of carbonyl (C=O) groups excluding carboxylic acids is 1. The fourth-order valence-corrected chi connectivity index (χ4v) is 2.20. The molecule has 0 aliphatic carbocycles. The van der Waals surface area contributed by atoms with E-state index in [2.05, 4.69) is 24.2 Å². The number of likely N-dealkylation sites (tertiary alicyclic amines) is 1. The van der Waals surface area contributed by atoms with Gasteiger partial charge in [-0.1, -0.05) is 6.92 Å². The van der Waals surface area contributed by atoms with Crippen molar-refractivity contribution < 1.29 is 9.53 Å². The molecule has 16 heavy (non-hydrogen) atoms. The van der Waals surface area contributed by atoms with Crippen molar-refractivity contribution in [3.8, 4) is 0 Å². The van der Waals surface area contributed by atoms with E-state index < -0.39 is 0 Å². The van der Waals surface area contributed by atoms with E-state index in [0.717, 1.165) is 19.5 Å². The largest absolute Gasteiger partial charge is 0.382 e. The standard InChI is InChI=1S/C12H24N2O2/c1-9-7-14(3)8-11(9)12(15)13-6-5-10(2)16-4/h9-11H,5-8H2,1-4H3,(H,13,15). The maximum atomic E-state index is 11.9. The van der Waals surface area contributed by atoms with E-state index in [-0.39, 0.29) is 17.9 Å². The van der Waals surface area contributed by atoms with Crippen LogP contribution in [0.15, 0.2) is 0 Å². The summed E-state index contributed by atoms with van der Waals surface area (Å²) < 4.78 is 5.14. The normalized spacial score (nSPS) is 28.0. The molecule has 0 spiro atoms. The Morgan fingerprint density at radius 2 is 2.25 bits per heavy atom. The number of ether oxygens (including phenoxy) is 1. The lowest BCUT2D eigenvalue weighted by atomic mass is 9.97. The van der Waals surface area contributed by atoms with Crippen molar-refractivity contribution in [1.82, 2.24) is 10.2 Å². The number of methoxy groups -OCH3 is 1. The Balaban J connectivity index is 2.25. The highest BCUT2D eigenvalue weighted by Crippen LogP contribution is 2.21. The summed E-state index contributed by atoms with van der Waals surface area (Å²) in [5.74, 6) is 0.813. The number of rotatable bonds is 5. The van der Waals surface area contributed by atoms with Crippen LogP contribution in [0, 0.1) is 11.8 Å². The lowest BCUT2D eigenvalue weighted by Gasteiger charge is -2.15. The van der Waals surface area contributed by atoms with Gasteiger partial charge in [0.15, 0.2) is 0 Å². The average molecular weight is 228 g/mol. The third-order valence-electron chi connectivity index (χ3n) is 3.38. The van der Waals surface area contributed by atoms with Gasteiger partial charge >= 0.3 is 0 Å². The van der Waals surface area contributed by atoms with E-state index >= 15 is 0 Å². The van der Waals surface area contributed by atoms with E-state index in [4.69, 9.17) is 4.74 Å². The lowest BCUT2D eigenvalue weighted by Crippen LogP contribution is -2.35. The number of amides is 1. The van der Waals surface area contributed by atoms with E-state index in [9.17, 15) is 4.79 Å². The molecule has 3 unspecified atom stereocenters. The second kappa shape index (κ2) is 6.21. The molecule has 0 saturated carbocycles. The summed E-state index contributed by atoms with van der Waals surface area (Å²) in [5.41, 5.74) is 0. The van der Waals surface area contributed by atoms with Crippen molar-refractivity contribution in [1.29, 1.82) is 0 Å². The Morgan fingerprint density at radius 1 is 1.56 bits per heavy atom. The summed E-state index contributed by atoms with van der Waals surface area (Å²) in [6.07, 6.45) is 1.09. The number of nitrogens with one attached hydrogen (secondary N) is 1. The van der Waals surface area contributed by atoms with Gasteiger partial charge < -0.3 is 15.0 Å². The molecule has 1 aliphatic heterocycles. The fourth-order valence-electron chi connectivity index (χ4n) is 2.20. The number of carbonyl (C=O) groups is 1. The molecule has 0 bridgehead atoms. The lowest BCUT2D eigenvalue weighted by molar-refractivity contribution is -0.125. The first-order valence-electron chi connectivity index (χ1n) is 6.03. The summed E-state index contributed by atoms with van der Waals surface area (Å²) >= 11 is 0. The van der Waals surface area contributed by atoms with E-state index in [1.54, 1.807) is 7.11 Å². The van der Waals surface area contributed by atoms with Crippen LogP contribution in [0.2, 0.25) is 0 Å². The van der Waals surface area contributed by atoms with Crippen molar-refractivity contribution >= 4 is 5.91 Å². The monoisotopic (exact) mass is 228 g/mol. The van der Waals surface area contributed by atoms with Crippen LogP contribution in [0.5, 0.6) is 0 Å². The average Bonchev–Trinajstić information content (AvgIpc) is 2.57. The number of nitrogens with zero attached hydrogens (tertiary/aromatic N) is 1. The molecule has 0 aromatic carbocycles. The van der Waals surface area contributed by atoms with Gasteiger partial charge in [0.05, 0.1) is 12.0 Å². The zero-order chi connectivity index (χ0) is 12.1. The van der Waals surface area contributed by atoms with Gasteiger partial charge in [-0.25, -0.2) is 0 Å². The van der Waals surface area contributed by atoms with Crippen LogP contribution in [0.3, 0.4) is 0 Å². The minimum atomic E-state index is 0.155. The summed E-state index contributed by atoms with van der Waals surface area (Å²) in [5, 5.41) is 3.00. The van der Waals surface area contributed by atoms with Crippen LogP contribution in [-0.2, 0) is 9.53 Å². The van der Waals surface area contributed by atoms with E-state index in [1.165, 1.54) is 0 Å². The summed E-state index contributed by atoms with van der Waals surface area (Å²) in [7, 11) is 3.76. The van der Waals surface area contributed by atoms with Crippen LogP contribution in [0.1, 0.15) is 20.3 Å². The van der Waals surface area contributed by atoms with Gasteiger partial charge in [0, 0.05) is 26.7 Å². The summed E-state index contributed by atoms with van der Waals surface area (Å²) in [6.45, 7) is 6.77. The van der Waals surface area contributed by atoms with Crippen molar-refractivity contribution in [3.05, 3.63) is 0 Å². The molecule has 1 saturated heterocycles. The first-order valence-corrected chi connectivity index (χ1v) is 6.03. The molecule has 3 atom stereocenters. The zero-order valence-corrected chi connectivity index (χ0v) is 10.8. The van der Waals surface area contributed by atoms with Crippen LogP contribution in [0.25, 0.3) is 0 Å². The number of hydrogen-bond acceptors (Lipinski definition) is 3. The maximum absolute atomic E-state index is 11.9. The SMILES string of the molecule is COC(C)CCNC(=O)C1CN(C)CC1C. The Hall–Kier alpha value is -0.610. The third kappa shape index (κ3) is 3.76. The smallest absolute Gasteiger partial charge is 0.224 e. The van der Waals surface area contributed by atoms with E-state index in [0.29, 0.717) is 12.5 Å². The molecule has 1 fully saturated rings. The van der Waals surface area contributed by atoms with Crippen molar-refractivity contribution in [2.24, 2.45) is 11.8 Å². The van der Waals surface area contributed by atoms with Gasteiger partial charge in [-0.2, -0.15) is 0 Å². The maximum Gasteiger partial charge on any atom is 0.224 e. The van der Waals surface area contributed by atoms with Gasteiger partial charge in [0.25, 0.3) is 0 Å². The Kier molecular flexibility index (Phi) is 5.22. The first kappa shape index (κ1) is 13.5. The number of hydrogen-bond donors (Lipinski definition) is 1. The van der Waals surface area contributed by atoms with Gasteiger partial charge in [-0.15, -0.1) is 0 Å². The molecule has 1 heterocycles. The van der Waals surface area contributed by atoms with Crippen molar-refractivity contribution in [2.45, 2.75) is 26.4 Å². The minimum Gasteiger partial charge on any atom is -0.382 e. The molecule has 94 valence electrons. The second-order valence-electron chi connectivity index (χ2n) is 4.93. The van der Waals surface area contributed by atoms with Crippen molar-refractivity contribution in [3.63, 3.8) is 0 Å². The van der Waals surface area contributed by atoms with Gasteiger partial charge in [0.2, 0.25) is 5.91 Å². The molecule has 4 nitrogen and oxygen atoms in total. The molecule has 1 rings (SSSR count). The quantitative estimate of drug-likeness (QED) is 0.754. The van der Waals surface area contributed by atoms with Gasteiger partial charge in [-0.05, 0) is 26.3 Å². The molecule has 0 aromatic heterocycles. The second-order valence-corrected chi connectivity index (χ2v) is 4.93. The third-order valence-corrected chi connectivity index (χ3v) is 3.38. The molecule has 4 heteroatoms. The fraction of sp³-hybridized carbons (Fsp3) is 0.917. The predicted octanol–water partition coefficient (Wildman–Crippen LogP) is 0.725. The van der Waals surface area contributed by atoms with Crippen LogP contribution < -0.4 is 5.32 Å². The van der Waals surface area contributed by atoms with Gasteiger partial charge in [-0.3, -0.25) is 4.79 Å². The molecule has 1 aliphatic rings. The van der Waals surface area contributed by atoms with E-state index in [1.807, 2.05) is 6.92 Å². The highest BCUT2D eigenvalue weighted by atomic mass is 16.5. The molecule has 1 N–H and O–H groups in total. The Morgan fingerprint density at radius 3 is 2.75 bits per heavy atom. The molecular formula is C12H24N2O2. The molecule has 0 aromatic rings. The van der Waals surface area contributed by atoms with Crippen LogP contribution in [0.4, 0.5) is 0 Å². The summed E-state index contributed by atoms with van der Waals surface area (Å²) in [6, 6.07) is 0. The van der Waals surface area contributed by atoms with Crippen LogP contribution in [-0.4, -0.2) is 50.7 Å². The highest BCUT2D eigenvalue weighted by molar-refractivity contribution is 5.79. The van der Waals surface area contributed by atoms with Crippen molar-refractivity contribution in [2.75, 3.05) is 33.8 Å². The summed E-state index contributed by atoms with van der Waals surface area (Å²) in [4.78, 5) is 14.1.